The van der Waals surface area contributed by atoms with Crippen LogP contribution in [0.3, 0.4) is 0 Å². The first-order valence-electron chi connectivity index (χ1n) is 12.7. The van der Waals surface area contributed by atoms with Crippen LogP contribution in [-0.4, -0.2) is 50.5 Å². The number of hydrogen-bond acceptors (Lipinski definition) is 4. The zero-order valence-corrected chi connectivity index (χ0v) is 23.0. The number of amides is 1. The fraction of sp³-hybridized carbons (Fsp3) is 0.345. The van der Waals surface area contributed by atoms with Gasteiger partial charge in [0.15, 0.2) is 0 Å². The largest absolute Gasteiger partial charge is 0.297 e. The second kappa shape index (κ2) is 10.7. The fourth-order valence-corrected chi connectivity index (χ4v) is 5.94. The van der Waals surface area contributed by atoms with Gasteiger partial charge in [-0.15, -0.1) is 5.92 Å². The second-order valence-electron chi connectivity index (χ2n) is 9.53. The predicted molar refractivity (Wildman–Crippen MR) is 148 cm³/mol. The standard InChI is InChI=1S/C29H29BrFN5O2/c1-3-5-17-34-28(38)29(26(32-34)21-11-13-22(31)14-12-21)15-18-33(19-16-29)20-24-25(30)27(37)36(35(24)4-2)23-9-7-6-8-10-23/h6-14H,4,15-20H2,1-2H3. The highest BCUT2D eigenvalue weighted by Gasteiger charge is 2.52. The van der Waals surface area contributed by atoms with Gasteiger partial charge >= 0.3 is 0 Å². The lowest BCUT2D eigenvalue weighted by atomic mass is 9.72. The van der Waals surface area contributed by atoms with E-state index in [4.69, 9.17) is 0 Å². The number of halogens is 2. The van der Waals surface area contributed by atoms with Gasteiger partial charge in [0.05, 0.1) is 22.5 Å². The van der Waals surface area contributed by atoms with Gasteiger partial charge in [0.2, 0.25) is 0 Å². The third kappa shape index (κ3) is 4.52. The van der Waals surface area contributed by atoms with Crippen LogP contribution in [0.25, 0.3) is 5.69 Å². The van der Waals surface area contributed by atoms with Crippen LogP contribution in [0.4, 0.5) is 4.39 Å². The monoisotopic (exact) mass is 577 g/mol. The molecule has 0 unspecified atom stereocenters. The molecule has 2 aromatic carbocycles. The normalized spacial score (nSPS) is 17.0. The first kappa shape index (κ1) is 26.1. The molecule has 1 aromatic heterocycles. The Bertz CT molecular complexity index is 1490. The summed E-state index contributed by atoms with van der Waals surface area (Å²) < 4.78 is 17.9. The Morgan fingerprint density at radius 1 is 1.05 bits per heavy atom. The predicted octanol–water partition coefficient (Wildman–Crippen LogP) is 4.41. The summed E-state index contributed by atoms with van der Waals surface area (Å²) in [6.07, 6.45) is 1.15. The van der Waals surface area contributed by atoms with E-state index in [1.807, 2.05) is 41.9 Å². The number of para-hydroxylation sites is 1. The summed E-state index contributed by atoms with van der Waals surface area (Å²) in [6, 6.07) is 15.8. The van der Waals surface area contributed by atoms with Crippen LogP contribution in [0.2, 0.25) is 0 Å². The number of aromatic nitrogens is 2. The van der Waals surface area contributed by atoms with Crippen molar-refractivity contribution in [1.29, 1.82) is 0 Å². The molecule has 1 amide bonds. The molecule has 3 heterocycles. The number of piperidine rings is 1. The summed E-state index contributed by atoms with van der Waals surface area (Å²) in [6.45, 7) is 6.50. The number of carbonyl (C=O) groups is 1. The average molecular weight is 578 g/mol. The van der Waals surface area contributed by atoms with E-state index in [0.717, 1.165) is 16.9 Å². The maximum atomic E-state index is 13.7. The minimum Gasteiger partial charge on any atom is -0.297 e. The molecule has 5 rings (SSSR count). The summed E-state index contributed by atoms with van der Waals surface area (Å²) in [4.78, 5) is 29.1. The Hall–Kier alpha value is -3.48. The van der Waals surface area contributed by atoms with Crippen molar-refractivity contribution in [2.45, 2.75) is 39.8 Å². The zero-order chi connectivity index (χ0) is 26.9. The van der Waals surface area contributed by atoms with Gasteiger partial charge in [-0.1, -0.05) is 36.3 Å². The molecule has 2 aliphatic rings. The molecule has 0 radical (unpaired) electrons. The third-order valence-corrected chi connectivity index (χ3v) is 8.21. The van der Waals surface area contributed by atoms with Crippen LogP contribution in [0.5, 0.6) is 0 Å². The topological polar surface area (TPSA) is 62.8 Å². The Kier molecular flexibility index (Phi) is 7.37. The van der Waals surface area contributed by atoms with Crippen LogP contribution in [0, 0.1) is 23.1 Å². The van der Waals surface area contributed by atoms with E-state index < -0.39 is 5.41 Å². The number of nitrogens with zero attached hydrogens (tertiary/aromatic N) is 5. The van der Waals surface area contributed by atoms with E-state index >= 15 is 0 Å². The molecule has 1 spiro atoms. The maximum absolute atomic E-state index is 13.7. The molecule has 0 aliphatic carbocycles. The van der Waals surface area contributed by atoms with Gasteiger partial charge in [-0.2, -0.15) is 5.10 Å². The molecule has 9 heteroatoms. The molecular weight excluding hydrogens is 549 g/mol. The van der Waals surface area contributed by atoms with E-state index in [0.29, 0.717) is 49.2 Å². The molecular formula is C29H29BrFN5O2. The van der Waals surface area contributed by atoms with Gasteiger partial charge in [0, 0.05) is 13.1 Å². The van der Waals surface area contributed by atoms with E-state index in [-0.39, 0.29) is 23.8 Å². The van der Waals surface area contributed by atoms with Gasteiger partial charge in [-0.05, 0) is 85.5 Å². The molecule has 0 saturated carbocycles. The van der Waals surface area contributed by atoms with Crippen molar-refractivity contribution in [2.75, 3.05) is 19.6 Å². The summed E-state index contributed by atoms with van der Waals surface area (Å²) in [5.74, 6) is 5.39. The van der Waals surface area contributed by atoms with Gasteiger partial charge in [0.1, 0.15) is 16.8 Å². The Labute approximate surface area is 229 Å². The number of carbonyl (C=O) groups excluding carboxylic acids is 1. The van der Waals surface area contributed by atoms with Crippen LogP contribution < -0.4 is 5.56 Å². The van der Waals surface area contributed by atoms with Crippen molar-refractivity contribution in [1.82, 2.24) is 19.3 Å². The minimum atomic E-state index is -0.776. The van der Waals surface area contributed by atoms with Crippen molar-refractivity contribution < 1.29 is 9.18 Å². The Balaban J connectivity index is 1.41. The molecule has 196 valence electrons. The Morgan fingerprint density at radius 3 is 2.37 bits per heavy atom. The number of hydrogen-bond donors (Lipinski definition) is 0. The van der Waals surface area contributed by atoms with Crippen molar-refractivity contribution >= 4 is 27.5 Å². The lowest BCUT2D eigenvalue weighted by Crippen LogP contribution is -2.49. The lowest BCUT2D eigenvalue weighted by molar-refractivity contribution is -0.137. The van der Waals surface area contributed by atoms with Crippen LogP contribution in [0.15, 0.2) is 69.0 Å². The van der Waals surface area contributed by atoms with Gasteiger partial charge in [0.25, 0.3) is 11.5 Å². The zero-order valence-electron chi connectivity index (χ0n) is 21.5. The van der Waals surface area contributed by atoms with Crippen molar-refractivity contribution in [2.24, 2.45) is 10.5 Å². The molecule has 7 nitrogen and oxygen atoms in total. The minimum absolute atomic E-state index is 0.0545. The van der Waals surface area contributed by atoms with E-state index in [1.165, 1.54) is 17.1 Å². The van der Waals surface area contributed by atoms with E-state index in [2.05, 4.69) is 37.8 Å². The molecule has 1 saturated heterocycles. The molecule has 0 N–H and O–H groups in total. The SMILES string of the molecule is CC#CCN1N=C(c2ccc(F)cc2)C2(CCN(Cc3c(Br)c(=O)n(-c4ccccc4)n3CC)CC2)C1=O. The number of hydrazone groups is 1. The molecule has 3 aromatic rings. The third-order valence-electron chi connectivity index (χ3n) is 7.41. The van der Waals surface area contributed by atoms with Crippen LogP contribution >= 0.6 is 15.9 Å². The van der Waals surface area contributed by atoms with E-state index in [1.54, 1.807) is 23.7 Å². The molecule has 0 bridgehead atoms. The molecule has 38 heavy (non-hydrogen) atoms. The lowest BCUT2D eigenvalue weighted by Gasteiger charge is -2.38. The maximum Gasteiger partial charge on any atom is 0.286 e. The second-order valence-corrected chi connectivity index (χ2v) is 10.3. The molecule has 2 aliphatic heterocycles. The van der Waals surface area contributed by atoms with Crippen LogP contribution in [0.1, 0.15) is 37.9 Å². The molecule has 1 fully saturated rings. The molecule has 0 atom stereocenters. The van der Waals surface area contributed by atoms with Crippen molar-refractivity contribution in [3.63, 3.8) is 0 Å². The summed E-state index contributed by atoms with van der Waals surface area (Å²) in [7, 11) is 0. The highest BCUT2D eigenvalue weighted by Crippen LogP contribution is 2.42. The van der Waals surface area contributed by atoms with Gasteiger partial charge in [-0.25, -0.2) is 14.1 Å². The summed E-state index contributed by atoms with van der Waals surface area (Å²) in [5.41, 5.74) is 2.29. The first-order chi connectivity index (χ1) is 18.4. The highest BCUT2D eigenvalue weighted by molar-refractivity contribution is 9.10. The smallest absolute Gasteiger partial charge is 0.286 e. The van der Waals surface area contributed by atoms with Crippen molar-refractivity contribution in [3.05, 3.63) is 86.5 Å². The number of likely N-dealkylation sites (tertiary alicyclic amines) is 1. The highest BCUT2D eigenvalue weighted by atomic mass is 79.9. The quantitative estimate of drug-likeness (QED) is 0.408. The van der Waals surface area contributed by atoms with Crippen LogP contribution in [-0.2, 0) is 17.9 Å². The first-order valence-corrected chi connectivity index (χ1v) is 13.5. The average Bonchev–Trinajstić information content (AvgIpc) is 3.34. The Morgan fingerprint density at radius 2 is 1.74 bits per heavy atom. The van der Waals surface area contributed by atoms with Gasteiger partial charge in [-0.3, -0.25) is 19.2 Å². The summed E-state index contributed by atoms with van der Waals surface area (Å²) in [5, 5.41) is 6.14. The number of rotatable bonds is 6. The van der Waals surface area contributed by atoms with Crippen molar-refractivity contribution in [3.8, 4) is 17.5 Å². The fourth-order valence-electron chi connectivity index (χ4n) is 5.44. The van der Waals surface area contributed by atoms with E-state index in [9.17, 15) is 14.0 Å². The summed E-state index contributed by atoms with van der Waals surface area (Å²) >= 11 is 3.56. The van der Waals surface area contributed by atoms with Gasteiger partial charge < -0.3 is 0 Å². The number of benzene rings is 2.